The lowest BCUT2D eigenvalue weighted by Gasteiger charge is -2.28. The molecule has 1 fully saturated rings. The third kappa shape index (κ3) is 6.76. The van der Waals surface area contributed by atoms with Crippen LogP contribution in [0.1, 0.15) is 31.4 Å². The van der Waals surface area contributed by atoms with Gasteiger partial charge in [0.25, 0.3) is 0 Å². The summed E-state index contributed by atoms with van der Waals surface area (Å²) < 4.78 is 49.5. The van der Waals surface area contributed by atoms with Gasteiger partial charge in [-0.1, -0.05) is 0 Å². The van der Waals surface area contributed by atoms with Gasteiger partial charge in [0.2, 0.25) is 0 Å². The van der Waals surface area contributed by atoms with Crippen LogP contribution in [-0.2, 0) is 20.5 Å². The van der Waals surface area contributed by atoms with E-state index < -0.39 is 11.9 Å². The number of H-pyrrole nitrogens is 1. The second kappa shape index (κ2) is 11.6. The molecule has 34 heavy (non-hydrogen) atoms. The van der Waals surface area contributed by atoms with Crippen LogP contribution in [0.5, 0.6) is 5.75 Å². The molecule has 0 radical (unpaired) electrons. The highest BCUT2D eigenvalue weighted by Crippen LogP contribution is 2.31. The van der Waals surface area contributed by atoms with Crippen LogP contribution in [0, 0.1) is 5.92 Å². The molecule has 1 aliphatic rings. The zero-order chi connectivity index (χ0) is 24.6. The van der Waals surface area contributed by atoms with Crippen molar-refractivity contribution in [2.45, 2.75) is 38.0 Å². The predicted octanol–water partition coefficient (Wildman–Crippen LogP) is 5.16. The fraction of sp³-hybridized carbons (Fsp3) is 0.375. The zero-order valence-corrected chi connectivity index (χ0v) is 18.5. The van der Waals surface area contributed by atoms with E-state index in [2.05, 4.69) is 15.0 Å². The Hall–Kier alpha value is -3.49. The second-order valence-electron chi connectivity index (χ2n) is 7.90. The number of carbonyl (C=O) groups excluding carboxylic acids is 2. The largest absolute Gasteiger partial charge is 0.490 e. The van der Waals surface area contributed by atoms with Crippen molar-refractivity contribution < 1.29 is 32.2 Å². The molecule has 10 heteroatoms. The maximum atomic E-state index is 12.7. The van der Waals surface area contributed by atoms with Crippen LogP contribution < -0.4 is 4.74 Å². The summed E-state index contributed by atoms with van der Waals surface area (Å²) >= 11 is 0. The van der Waals surface area contributed by atoms with Crippen molar-refractivity contribution in [2.24, 2.45) is 5.92 Å². The number of hydrogen-bond acceptors (Lipinski definition) is 6. The Labute approximate surface area is 194 Å². The SMILES string of the molecule is COCC1CCC(Oc2ccc(-c3ccc(-c4ncc(C(F)(F)F)[nH]4)cn3)cc2)CC1.O=C=O. The van der Waals surface area contributed by atoms with Crippen molar-refractivity contribution >= 4 is 6.15 Å². The lowest BCUT2D eigenvalue weighted by atomic mass is 9.88. The highest BCUT2D eigenvalue weighted by molar-refractivity contribution is 5.63. The number of nitrogens with zero attached hydrogens (tertiary/aromatic N) is 2. The van der Waals surface area contributed by atoms with Crippen LogP contribution in [0.3, 0.4) is 0 Å². The fourth-order valence-electron chi connectivity index (χ4n) is 3.87. The maximum absolute atomic E-state index is 12.7. The molecular formula is C24H24F3N3O4. The lowest BCUT2D eigenvalue weighted by Crippen LogP contribution is -2.25. The van der Waals surface area contributed by atoms with E-state index in [0.717, 1.165) is 55.5 Å². The van der Waals surface area contributed by atoms with Gasteiger partial charge in [-0.25, -0.2) is 4.98 Å². The molecular weight excluding hydrogens is 451 g/mol. The number of hydrogen-bond donors (Lipinski definition) is 1. The van der Waals surface area contributed by atoms with Gasteiger partial charge in [-0.2, -0.15) is 22.8 Å². The number of benzene rings is 1. The number of pyridine rings is 1. The Morgan fingerprint density at radius 2 is 1.62 bits per heavy atom. The zero-order valence-electron chi connectivity index (χ0n) is 18.5. The number of halogens is 3. The van der Waals surface area contributed by atoms with Crippen molar-refractivity contribution in [3.63, 3.8) is 0 Å². The third-order valence-electron chi connectivity index (χ3n) is 5.57. The van der Waals surface area contributed by atoms with E-state index in [1.807, 2.05) is 24.3 Å². The number of rotatable bonds is 6. The van der Waals surface area contributed by atoms with E-state index in [1.165, 1.54) is 6.20 Å². The van der Waals surface area contributed by atoms with E-state index >= 15 is 0 Å². The molecule has 1 aromatic carbocycles. The van der Waals surface area contributed by atoms with Crippen molar-refractivity contribution in [1.82, 2.24) is 15.0 Å². The summed E-state index contributed by atoms with van der Waals surface area (Å²) in [7, 11) is 1.74. The molecule has 4 rings (SSSR count). The van der Waals surface area contributed by atoms with Gasteiger partial charge in [-0.3, -0.25) is 4.98 Å². The first-order chi connectivity index (χ1) is 16.3. The summed E-state index contributed by atoms with van der Waals surface area (Å²) in [5, 5.41) is 0. The number of aromatic nitrogens is 3. The molecule has 0 spiro atoms. The molecule has 0 bridgehead atoms. The van der Waals surface area contributed by atoms with Gasteiger partial charge in [0.15, 0.2) is 0 Å². The number of nitrogens with one attached hydrogen (secondary N) is 1. The number of alkyl halides is 3. The van der Waals surface area contributed by atoms with Crippen molar-refractivity contribution in [3.05, 3.63) is 54.5 Å². The molecule has 1 saturated carbocycles. The van der Waals surface area contributed by atoms with E-state index in [-0.39, 0.29) is 18.1 Å². The number of methoxy groups -OCH3 is 1. The summed E-state index contributed by atoms with van der Waals surface area (Å²) in [6, 6.07) is 11.2. The molecule has 1 aliphatic carbocycles. The summed E-state index contributed by atoms with van der Waals surface area (Å²) in [5.41, 5.74) is 1.23. The lowest BCUT2D eigenvalue weighted by molar-refractivity contribution is -0.191. The normalized spacial score (nSPS) is 17.9. The summed E-state index contributed by atoms with van der Waals surface area (Å²) in [6.07, 6.45) is 2.62. The number of aromatic amines is 1. The van der Waals surface area contributed by atoms with Crippen molar-refractivity contribution in [3.8, 4) is 28.4 Å². The Morgan fingerprint density at radius 3 is 2.15 bits per heavy atom. The first-order valence-electron chi connectivity index (χ1n) is 10.7. The predicted molar refractivity (Wildman–Crippen MR) is 116 cm³/mol. The van der Waals surface area contributed by atoms with Gasteiger partial charge in [0.05, 0.1) is 18.0 Å². The van der Waals surface area contributed by atoms with Crippen molar-refractivity contribution in [2.75, 3.05) is 13.7 Å². The minimum atomic E-state index is -4.45. The molecule has 180 valence electrons. The van der Waals surface area contributed by atoms with Gasteiger partial charge in [-0.15, -0.1) is 0 Å². The topological polar surface area (TPSA) is 94.2 Å². The summed E-state index contributed by atoms with van der Waals surface area (Å²) in [6.45, 7) is 0.816. The van der Waals surface area contributed by atoms with E-state index in [9.17, 15) is 13.2 Å². The molecule has 0 saturated heterocycles. The first-order valence-corrected chi connectivity index (χ1v) is 10.7. The van der Waals surface area contributed by atoms with Gasteiger partial charge in [-0.05, 0) is 68.0 Å². The van der Waals surface area contributed by atoms with Crippen LogP contribution >= 0.6 is 0 Å². The highest BCUT2D eigenvalue weighted by Gasteiger charge is 2.33. The second-order valence-corrected chi connectivity index (χ2v) is 7.90. The Kier molecular flexibility index (Phi) is 8.56. The van der Waals surface area contributed by atoms with Crippen LogP contribution in [0.15, 0.2) is 48.8 Å². The van der Waals surface area contributed by atoms with Crippen LogP contribution in [0.2, 0.25) is 0 Å². The number of imidazole rings is 1. The van der Waals surface area contributed by atoms with Crippen LogP contribution in [0.4, 0.5) is 13.2 Å². The van der Waals surface area contributed by atoms with E-state index in [0.29, 0.717) is 11.5 Å². The average molecular weight is 475 g/mol. The summed E-state index contributed by atoms with van der Waals surface area (Å²) in [4.78, 5) is 26.7. The van der Waals surface area contributed by atoms with E-state index in [4.69, 9.17) is 19.1 Å². The molecule has 1 N–H and O–H groups in total. The minimum Gasteiger partial charge on any atom is -0.490 e. The van der Waals surface area contributed by atoms with Crippen LogP contribution in [-0.4, -0.2) is 40.9 Å². The van der Waals surface area contributed by atoms with Gasteiger partial charge < -0.3 is 14.5 Å². The molecule has 2 aromatic heterocycles. The highest BCUT2D eigenvalue weighted by atomic mass is 19.4. The molecule has 7 nitrogen and oxygen atoms in total. The average Bonchev–Trinajstić information content (AvgIpc) is 3.33. The molecule has 0 unspecified atom stereocenters. The van der Waals surface area contributed by atoms with Crippen LogP contribution in [0.25, 0.3) is 22.6 Å². The molecule has 3 aromatic rings. The Morgan fingerprint density at radius 1 is 0.971 bits per heavy atom. The van der Waals surface area contributed by atoms with Gasteiger partial charge >= 0.3 is 12.3 Å². The molecule has 2 heterocycles. The third-order valence-corrected chi connectivity index (χ3v) is 5.57. The number of ether oxygens (including phenoxy) is 2. The van der Waals surface area contributed by atoms with E-state index in [1.54, 1.807) is 19.2 Å². The minimum absolute atomic E-state index is 0.135. The van der Waals surface area contributed by atoms with Gasteiger partial charge in [0, 0.05) is 31.0 Å². The maximum Gasteiger partial charge on any atom is 0.432 e. The summed E-state index contributed by atoms with van der Waals surface area (Å²) in [5.74, 6) is 1.59. The Balaban J connectivity index is 0.00000103. The molecule has 0 aliphatic heterocycles. The van der Waals surface area contributed by atoms with Gasteiger partial charge in [0.1, 0.15) is 17.3 Å². The fourth-order valence-corrected chi connectivity index (χ4v) is 3.87. The molecule has 0 amide bonds. The molecule has 0 atom stereocenters. The monoisotopic (exact) mass is 475 g/mol. The standard InChI is InChI=1S/C23H24F3N3O2.CO2/c1-30-14-15-2-7-18(8-3-15)31-19-9-4-16(5-10-19)20-11-6-17(12-27-20)22-28-13-21(29-22)23(24,25)26;2-1-3/h4-6,9-13,15,18H,2-3,7-8,14H2,1H3,(H,28,29);. The van der Waals surface area contributed by atoms with Crippen molar-refractivity contribution in [1.29, 1.82) is 0 Å². The first kappa shape index (κ1) is 25.1. The quantitative estimate of drug-likeness (QED) is 0.529. The Bertz CT molecular complexity index is 1070. The smallest absolute Gasteiger partial charge is 0.432 e.